The van der Waals surface area contributed by atoms with Crippen LogP contribution in [0.2, 0.25) is 0 Å². The standard InChI is InChI=1S/2C24H35NO3.C24H34O4.C24H32O4/c4*1-22-10-7-17(25)13-16(22)4-5-20-19(22)8-11-23(2)18(9-12-24(20,23)27)15-3-6-21(26)28-14-15/h2*3,6,14,16-20,27H,4-5,7-13,25H2,1-2H3;3,6,14,16-20,25,27H,4-5,7-13H2,1-2H3;3,6,14,16,18-20,27H,4-5,7-13H2,1-2H3/t16-,17+,18-,19+,20-,22+,23-,24+;16-,17-,18-,19+,20-,22+,23-,24+;16-,17+,18-,19+,20-,22+,23-,24+;16-,18-,19+,20-,22+,23-,24+/m1111/s1. The molecule has 16 aliphatic carbocycles. The molecule has 0 saturated heterocycles. The second-order valence-electron chi connectivity index (χ2n) is 43.2. The van der Waals surface area contributed by atoms with Crippen molar-refractivity contribution < 1.29 is 48.0 Å². The van der Waals surface area contributed by atoms with Crippen molar-refractivity contribution in [2.24, 2.45) is 126 Å². The Morgan fingerprint density at radius 1 is 0.304 bits per heavy atom. The molecule has 0 amide bonds. The van der Waals surface area contributed by atoms with E-state index in [0.717, 1.165) is 207 Å². The van der Waals surface area contributed by atoms with Gasteiger partial charge in [0.2, 0.25) is 0 Å². The minimum atomic E-state index is -0.661. The number of aliphatic hydroxyl groups excluding tert-OH is 1. The molecule has 0 unspecified atom stereocenters. The van der Waals surface area contributed by atoms with E-state index in [1.54, 1.807) is 25.1 Å². The van der Waals surface area contributed by atoms with Gasteiger partial charge in [-0.1, -0.05) is 55.4 Å². The van der Waals surface area contributed by atoms with E-state index in [1.807, 2.05) is 24.3 Å². The van der Waals surface area contributed by atoms with E-state index in [-0.39, 0.29) is 84.8 Å². The molecule has 112 heavy (non-hydrogen) atoms. The Labute approximate surface area is 664 Å². The van der Waals surface area contributed by atoms with Crippen molar-refractivity contribution in [2.75, 3.05) is 0 Å². The lowest BCUT2D eigenvalue weighted by Gasteiger charge is -2.63. The molecule has 31 atom stereocenters. The Morgan fingerprint density at radius 3 is 0.875 bits per heavy atom. The summed E-state index contributed by atoms with van der Waals surface area (Å²) in [5, 5.41) is 58.9. The Morgan fingerprint density at radius 2 is 0.580 bits per heavy atom. The van der Waals surface area contributed by atoms with Crippen molar-refractivity contribution in [3.8, 4) is 0 Å². The minimum Gasteiger partial charge on any atom is -0.431 e. The molecule has 0 spiro atoms. The summed E-state index contributed by atoms with van der Waals surface area (Å²) in [5.41, 5.74) is 13.7. The van der Waals surface area contributed by atoms with Crippen LogP contribution in [0.3, 0.4) is 0 Å². The van der Waals surface area contributed by atoms with Gasteiger partial charge in [0.05, 0.1) is 53.6 Å². The Bertz CT molecular complexity index is 4010. The molecule has 0 bridgehead atoms. The highest BCUT2D eigenvalue weighted by Crippen LogP contribution is 2.76. The van der Waals surface area contributed by atoms with Crippen molar-refractivity contribution in [3.05, 3.63) is 138 Å². The van der Waals surface area contributed by atoms with Crippen LogP contribution in [-0.2, 0) is 4.79 Å². The molecule has 16 fully saturated rings. The Hall–Kier alpha value is -4.81. The van der Waals surface area contributed by atoms with Crippen LogP contribution in [-0.4, -0.2) is 71.9 Å². The van der Waals surface area contributed by atoms with Crippen LogP contribution in [0.1, 0.15) is 332 Å². The highest BCUT2D eigenvalue weighted by atomic mass is 16.4. The normalized spacial score (nSPS) is 49.8. The third kappa shape index (κ3) is 12.1. The molecule has 9 N–H and O–H groups in total. The van der Waals surface area contributed by atoms with Crippen molar-refractivity contribution in [1.82, 2.24) is 0 Å². The van der Waals surface area contributed by atoms with E-state index in [4.69, 9.17) is 29.1 Å². The van der Waals surface area contributed by atoms with Crippen molar-refractivity contribution >= 4 is 5.78 Å². The summed E-state index contributed by atoms with van der Waals surface area (Å²) in [6.45, 7) is 19.0. The van der Waals surface area contributed by atoms with Gasteiger partial charge in [-0.05, 0) is 381 Å². The highest BCUT2D eigenvalue weighted by molar-refractivity contribution is 5.79. The number of aliphatic hydroxyl groups is 5. The lowest BCUT2D eigenvalue weighted by atomic mass is 9.43. The van der Waals surface area contributed by atoms with Crippen LogP contribution >= 0.6 is 0 Å². The number of nitrogens with two attached hydrogens (primary N) is 2. The molecular formula is C96H136N2O14. The van der Waals surface area contributed by atoms with E-state index in [1.165, 1.54) is 82.1 Å². The smallest absolute Gasteiger partial charge is 0.335 e. The van der Waals surface area contributed by atoms with Crippen LogP contribution in [0.15, 0.2) is 110 Å². The zero-order valence-electron chi connectivity index (χ0n) is 68.9. The molecule has 4 aromatic rings. The number of hydrogen-bond acceptors (Lipinski definition) is 16. The second kappa shape index (κ2) is 28.5. The van der Waals surface area contributed by atoms with Crippen LogP contribution in [0.25, 0.3) is 0 Å². The van der Waals surface area contributed by atoms with Crippen molar-refractivity contribution in [1.29, 1.82) is 0 Å². The zero-order chi connectivity index (χ0) is 78.9. The number of rotatable bonds is 4. The molecular weight excluding hydrogens is 1410 g/mol. The summed E-state index contributed by atoms with van der Waals surface area (Å²) in [7, 11) is 0. The summed E-state index contributed by atoms with van der Waals surface area (Å²) in [4.78, 5) is 57.7. The van der Waals surface area contributed by atoms with E-state index < -0.39 is 22.4 Å². The molecule has 0 aromatic carbocycles. The Balaban J connectivity index is 0.000000108. The van der Waals surface area contributed by atoms with Crippen LogP contribution < -0.4 is 34.0 Å². The second-order valence-corrected chi connectivity index (χ2v) is 43.2. The van der Waals surface area contributed by atoms with Crippen molar-refractivity contribution in [3.63, 3.8) is 0 Å². The maximum atomic E-state index is 12.2. The third-order valence-corrected chi connectivity index (χ3v) is 39.8. The summed E-state index contributed by atoms with van der Waals surface area (Å²) in [6, 6.07) is 14.4. The molecule has 16 aliphatic rings. The first kappa shape index (κ1) is 79.6. The summed E-state index contributed by atoms with van der Waals surface area (Å²) < 4.78 is 20.7. The Kier molecular flexibility index (Phi) is 20.2. The fraction of sp³-hybridized carbons (Fsp3) is 0.781. The first-order valence-corrected chi connectivity index (χ1v) is 45.1. The molecule has 4 aromatic heterocycles. The van der Waals surface area contributed by atoms with Gasteiger partial charge in [0, 0.05) is 70.9 Å². The van der Waals surface area contributed by atoms with Crippen molar-refractivity contribution in [2.45, 2.75) is 351 Å². The first-order chi connectivity index (χ1) is 53.1. The first-order valence-electron chi connectivity index (χ1n) is 45.1. The van der Waals surface area contributed by atoms with Gasteiger partial charge < -0.3 is 54.7 Å². The van der Waals surface area contributed by atoms with Gasteiger partial charge in [-0.3, -0.25) is 4.79 Å². The van der Waals surface area contributed by atoms with Gasteiger partial charge in [0.15, 0.2) is 0 Å². The zero-order valence-corrected chi connectivity index (χ0v) is 68.9. The number of carbonyl (C=O) groups is 1. The van der Waals surface area contributed by atoms with E-state index in [2.05, 4.69) is 55.4 Å². The molecule has 16 heteroatoms. The minimum absolute atomic E-state index is 0.129. The van der Waals surface area contributed by atoms with E-state index in [0.29, 0.717) is 87.9 Å². The highest BCUT2D eigenvalue weighted by Gasteiger charge is 2.72. The number of fused-ring (bicyclic) bond motifs is 20. The fourth-order valence-electron chi connectivity index (χ4n) is 33.1. The molecule has 16 nitrogen and oxygen atoms in total. The maximum Gasteiger partial charge on any atom is 0.335 e. The van der Waals surface area contributed by atoms with E-state index in [9.17, 15) is 49.5 Å². The maximum absolute atomic E-state index is 12.2. The number of hydrogen-bond donors (Lipinski definition) is 7. The molecule has 16 saturated carbocycles. The topological polar surface area (TPSA) is 291 Å². The average molecular weight is 1540 g/mol. The quantitative estimate of drug-likeness (QED) is 0.0999. The molecule has 614 valence electrons. The number of Topliss-reactive ketones (excluding diaryl/α,β-unsaturated/α-hetero) is 1. The van der Waals surface area contributed by atoms with Gasteiger partial charge in [-0.2, -0.15) is 0 Å². The fourth-order valence-corrected chi connectivity index (χ4v) is 33.1. The SMILES string of the molecule is C[C@]12CCC(=O)C[C@H]1CC[C@@H]1[C@@H]2CC[C@]2(C)[C@@H](c3ccc(=O)oc3)CC[C@]12O.C[C@]12CC[C@@H](N)C[C@H]1CC[C@@H]1[C@@H]2CC[C@]2(C)[C@@H](c3ccc(=O)oc3)CC[C@]12O.C[C@]12CC[C@H](N)C[C@H]1CC[C@@H]1[C@@H]2CC[C@]2(C)[C@@H](c3ccc(=O)oc3)CC[C@]12O.C[C@]12CC[C@H](O)C[C@H]1CC[C@@H]1[C@@H]2CC[C@]2(C)[C@@H](c3ccc(=O)oc3)CC[C@]12O. The predicted octanol–water partition coefficient (Wildman–Crippen LogP) is 17.1. The van der Waals surface area contributed by atoms with Gasteiger partial charge in [-0.15, -0.1) is 0 Å². The lowest BCUT2D eigenvalue weighted by Crippen LogP contribution is -2.62. The lowest BCUT2D eigenvalue weighted by molar-refractivity contribution is -0.205. The van der Waals surface area contributed by atoms with Gasteiger partial charge in [0.25, 0.3) is 0 Å². The average Bonchev–Trinajstić information content (AvgIpc) is 1.45. The molecule has 0 radical (unpaired) electrons. The molecule has 20 rings (SSSR count). The van der Waals surface area contributed by atoms with Gasteiger partial charge in [0.1, 0.15) is 5.78 Å². The van der Waals surface area contributed by atoms with E-state index >= 15 is 0 Å². The van der Waals surface area contributed by atoms with Crippen LogP contribution in [0.5, 0.6) is 0 Å². The van der Waals surface area contributed by atoms with Crippen LogP contribution in [0, 0.1) is 114 Å². The van der Waals surface area contributed by atoms with Gasteiger partial charge >= 0.3 is 22.5 Å². The number of carbonyl (C=O) groups excluding carboxylic acids is 1. The van der Waals surface area contributed by atoms with Crippen LogP contribution in [0.4, 0.5) is 0 Å². The van der Waals surface area contributed by atoms with Gasteiger partial charge in [-0.25, -0.2) is 19.2 Å². The molecule has 0 aliphatic heterocycles. The monoisotopic (exact) mass is 1540 g/mol. The summed E-state index contributed by atoms with van der Waals surface area (Å²) >= 11 is 0. The molecule has 4 heterocycles. The third-order valence-electron chi connectivity index (χ3n) is 39.8. The number of ketones is 1. The predicted molar refractivity (Wildman–Crippen MR) is 431 cm³/mol. The summed E-state index contributed by atoms with van der Waals surface area (Å²) in [5.74, 6) is 7.79. The largest absolute Gasteiger partial charge is 0.431 e. The summed E-state index contributed by atoms with van der Waals surface area (Å²) in [6.07, 6.45) is 44.1.